The molecule has 1 aromatic rings. The molecule has 0 spiro atoms. The second-order valence-electron chi connectivity index (χ2n) is 5.02. The zero-order chi connectivity index (χ0) is 13.8. The van der Waals surface area contributed by atoms with Gasteiger partial charge in [-0.25, -0.2) is 5.01 Å². The van der Waals surface area contributed by atoms with Crippen molar-refractivity contribution in [2.45, 2.75) is 18.8 Å². The van der Waals surface area contributed by atoms with Crippen LogP contribution in [0, 0.1) is 0 Å². The van der Waals surface area contributed by atoms with Gasteiger partial charge in [-0.15, -0.1) is 0 Å². The fourth-order valence-electron chi connectivity index (χ4n) is 2.39. The van der Waals surface area contributed by atoms with Crippen molar-refractivity contribution in [3.63, 3.8) is 0 Å². The van der Waals surface area contributed by atoms with E-state index in [1.807, 2.05) is 37.3 Å². The molecule has 0 radical (unpaired) electrons. The van der Waals surface area contributed by atoms with Crippen LogP contribution in [0.4, 0.5) is 0 Å². The molecule has 0 aliphatic heterocycles. The highest BCUT2D eigenvalue weighted by Crippen LogP contribution is 2.32. The number of carbonyl (C=O) groups is 1. The van der Waals surface area contributed by atoms with Crippen molar-refractivity contribution < 1.29 is 9.53 Å². The molecule has 1 aliphatic rings. The lowest BCUT2D eigenvalue weighted by Gasteiger charge is -2.25. The molecule has 0 aromatic heterocycles. The molecule has 4 heteroatoms. The Balaban J connectivity index is 2.17. The third kappa shape index (κ3) is 3.58. The van der Waals surface area contributed by atoms with E-state index >= 15 is 0 Å². The quantitative estimate of drug-likeness (QED) is 0.842. The number of nitrogens with zero attached hydrogens (tertiary/aromatic N) is 1. The molecular formula is C15H20N2O2. The van der Waals surface area contributed by atoms with Gasteiger partial charge in [-0.2, -0.15) is 0 Å². The molecule has 0 fully saturated rings. The minimum absolute atomic E-state index is 0.170. The topological polar surface area (TPSA) is 41.6 Å². The van der Waals surface area contributed by atoms with Crippen LogP contribution < -0.4 is 10.2 Å². The summed E-state index contributed by atoms with van der Waals surface area (Å²) >= 11 is 0. The summed E-state index contributed by atoms with van der Waals surface area (Å²) in [5.41, 5.74) is 5.30. The zero-order valence-corrected chi connectivity index (χ0v) is 11.6. The fourth-order valence-corrected chi connectivity index (χ4v) is 2.39. The van der Waals surface area contributed by atoms with Crippen molar-refractivity contribution in [2.24, 2.45) is 0 Å². The molecule has 1 aromatic carbocycles. The number of carbonyl (C=O) groups excluding carboxylic acids is 1. The number of ether oxygens (including phenoxy) is 1. The highest BCUT2D eigenvalue weighted by molar-refractivity contribution is 5.91. The molecule has 102 valence electrons. The predicted octanol–water partition coefficient (Wildman–Crippen LogP) is 2.09. The number of nitrogens with one attached hydrogen (secondary N) is 1. The summed E-state index contributed by atoms with van der Waals surface area (Å²) in [6, 6.07) is 7.95. The zero-order valence-electron chi connectivity index (χ0n) is 11.6. The van der Waals surface area contributed by atoms with E-state index in [9.17, 15) is 4.79 Å². The Labute approximate surface area is 114 Å². The van der Waals surface area contributed by atoms with Crippen LogP contribution in [0.2, 0.25) is 0 Å². The molecule has 2 rings (SSSR count). The summed E-state index contributed by atoms with van der Waals surface area (Å²) in [4.78, 5) is 11.8. The minimum Gasteiger partial charge on any atom is -0.497 e. The minimum atomic E-state index is 0.170. The van der Waals surface area contributed by atoms with Gasteiger partial charge in [0.25, 0.3) is 0 Å². The molecule has 0 bridgehead atoms. The van der Waals surface area contributed by atoms with Gasteiger partial charge < -0.3 is 10.2 Å². The molecule has 0 unspecified atom stereocenters. The van der Waals surface area contributed by atoms with E-state index in [0.29, 0.717) is 6.42 Å². The van der Waals surface area contributed by atoms with Gasteiger partial charge >= 0.3 is 0 Å². The lowest BCUT2D eigenvalue weighted by molar-refractivity contribution is -0.115. The van der Waals surface area contributed by atoms with Crippen LogP contribution in [0.3, 0.4) is 0 Å². The molecule has 1 atom stereocenters. The molecule has 4 nitrogen and oxygen atoms in total. The predicted molar refractivity (Wildman–Crippen MR) is 74.9 cm³/mol. The van der Waals surface area contributed by atoms with Crippen molar-refractivity contribution in [1.82, 2.24) is 10.4 Å². The first-order valence-electron chi connectivity index (χ1n) is 6.40. The van der Waals surface area contributed by atoms with Crippen LogP contribution in [-0.2, 0) is 4.79 Å². The van der Waals surface area contributed by atoms with E-state index in [0.717, 1.165) is 23.4 Å². The number of hydrogen-bond donors (Lipinski definition) is 1. The Bertz CT molecular complexity index is 495. The number of benzene rings is 1. The van der Waals surface area contributed by atoms with Crippen LogP contribution in [-0.4, -0.2) is 32.0 Å². The van der Waals surface area contributed by atoms with Crippen molar-refractivity contribution in [2.75, 3.05) is 21.2 Å². The normalized spacial score (nSPS) is 19.3. The first-order valence-corrected chi connectivity index (χ1v) is 6.40. The highest BCUT2D eigenvalue weighted by Gasteiger charge is 2.22. The standard InChI is InChI=1S/C15H20N2O2/c1-17(2)16-13-7-12(8-14(18)10-13)11-5-4-6-15(9-11)19-3/h4-6,9-10,12,16H,7-8H2,1-3H3/t12-/m1/s1. The van der Waals surface area contributed by atoms with Crippen LogP contribution in [0.1, 0.15) is 24.3 Å². The van der Waals surface area contributed by atoms with Crippen LogP contribution >= 0.6 is 0 Å². The van der Waals surface area contributed by atoms with Crippen LogP contribution in [0.5, 0.6) is 5.75 Å². The number of hydrogen-bond acceptors (Lipinski definition) is 4. The lowest BCUT2D eigenvalue weighted by atomic mass is 9.85. The Morgan fingerprint density at radius 3 is 2.79 bits per heavy atom. The van der Waals surface area contributed by atoms with Crippen molar-refractivity contribution in [1.29, 1.82) is 0 Å². The largest absolute Gasteiger partial charge is 0.497 e. The van der Waals surface area contributed by atoms with Gasteiger partial charge in [-0.1, -0.05) is 12.1 Å². The SMILES string of the molecule is COc1cccc([C@H]2CC(=O)C=C(NN(C)C)C2)c1. The summed E-state index contributed by atoms with van der Waals surface area (Å²) in [6.45, 7) is 0. The highest BCUT2D eigenvalue weighted by atomic mass is 16.5. The van der Waals surface area contributed by atoms with E-state index in [2.05, 4.69) is 11.5 Å². The molecular weight excluding hydrogens is 240 g/mol. The van der Waals surface area contributed by atoms with Crippen molar-refractivity contribution in [3.05, 3.63) is 41.6 Å². The summed E-state index contributed by atoms with van der Waals surface area (Å²) in [7, 11) is 5.49. The smallest absolute Gasteiger partial charge is 0.158 e. The molecule has 0 saturated heterocycles. The molecule has 1 aliphatic carbocycles. The summed E-state index contributed by atoms with van der Waals surface area (Å²) < 4.78 is 5.24. The molecule has 0 amide bonds. The van der Waals surface area contributed by atoms with Gasteiger partial charge in [-0.3, -0.25) is 4.79 Å². The number of allylic oxidation sites excluding steroid dienone is 2. The van der Waals surface area contributed by atoms with Gasteiger partial charge in [0.15, 0.2) is 5.78 Å². The van der Waals surface area contributed by atoms with Gasteiger partial charge in [0.1, 0.15) is 5.75 Å². The Kier molecular flexibility index (Phi) is 4.22. The monoisotopic (exact) mass is 260 g/mol. The van der Waals surface area contributed by atoms with Gasteiger partial charge in [0.05, 0.1) is 7.11 Å². The van der Waals surface area contributed by atoms with E-state index in [1.165, 1.54) is 0 Å². The number of rotatable bonds is 4. The molecule has 0 saturated carbocycles. The third-order valence-corrected chi connectivity index (χ3v) is 3.18. The fraction of sp³-hybridized carbons (Fsp3) is 0.400. The summed E-state index contributed by atoms with van der Waals surface area (Å²) in [6.07, 6.45) is 3.11. The summed E-state index contributed by atoms with van der Waals surface area (Å²) in [5.74, 6) is 1.22. The molecule has 1 N–H and O–H groups in total. The average Bonchev–Trinajstić information content (AvgIpc) is 2.37. The molecule has 0 heterocycles. The van der Waals surface area contributed by atoms with Crippen LogP contribution in [0.15, 0.2) is 36.0 Å². The number of methoxy groups -OCH3 is 1. The van der Waals surface area contributed by atoms with Crippen LogP contribution in [0.25, 0.3) is 0 Å². The Hall–Kier alpha value is -1.81. The lowest BCUT2D eigenvalue weighted by Crippen LogP contribution is -2.32. The number of ketones is 1. The van der Waals surface area contributed by atoms with Gasteiger partial charge in [0.2, 0.25) is 0 Å². The van der Waals surface area contributed by atoms with Crippen molar-refractivity contribution in [3.8, 4) is 5.75 Å². The van der Waals surface area contributed by atoms with Gasteiger partial charge in [-0.05, 0) is 30.0 Å². The maximum absolute atomic E-state index is 11.8. The Morgan fingerprint density at radius 2 is 2.11 bits per heavy atom. The van der Waals surface area contributed by atoms with E-state index < -0.39 is 0 Å². The maximum atomic E-state index is 11.8. The second kappa shape index (κ2) is 5.89. The number of hydrazine groups is 1. The Morgan fingerprint density at radius 1 is 1.32 bits per heavy atom. The first-order chi connectivity index (χ1) is 9.08. The third-order valence-electron chi connectivity index (χ3n) is 3.18. The van der Waals surface area contributed by atoms with Gasteiger partial charge in [0, 0.05) is 32.3 Å². The van der Waals surface area contributed by atoms with E-state index in [4.69, 9.17) is 4.74 Å². The van der Waals surface area contributed by atoms with E-state index in [1.54, 1.807) is 13.2 Å². The van der Waals surface area contributed by atoms with Crippen molar-refractivity contribution >= 4 is 5.78 Å². The second-order valence-corrected chi connectivity index (χ2v) is 5.02. The van der Waals surface area contributed by atoms with E-state index in [-0.39, 0.29) is 11.7 Å². The molecule has 19 heavy (non-hydrogen) atoms. The summed E-state index contributed by atoms with van der Waals surface area (Å²) in [5, 5.41) is 1.85. The average molecular weight is 260 g/mol. The maximum Gasteiger partial charge on any atom is 0.158 e. The first kappa shape index (κ1) is 13.6.